The van der Waals surface area contributed by atoms with E-state index in [1.165, 1.54) is 18.5 Å². The third-order valence-corrected chi connectivity index (χ3v) is 3.14. The van der Waals surface area contributed by atoms with Gasteiger partial charge in [-0.1, -0.05) is 6.92 Å². The summed E-state index contributed by atoms with van der Waals surface area (Å²) < 4.78 is 1.97. The molecule has 0 aliphatic carbocycles. The largest absolute Gasteiger partial charge is 0.348 e. The van der Waals surface area contributed by atoms with Crippen molar-refractivity contribution in [3.63, 3.8) is 0 Å². The van der Waals surface area contributed by atoms with Crippen molar-refractivity contribution >= 4 is 5.91 Å². The number of amides is 1. The lowest BCUT2D eigenvalue weighted by atomic mass is 10.1. The Morgan fingerprint density at radius 2 is 2.44 bits per heavy atom. The number of aryl methyl sites for hydroxylation is 2. The lowest BCUT2D eigenvalue weighted by Gasteiger charge is -2.11. The molecule has 1 amide bonds. The maximum absolute atomic E-state index is 11.8. The van der Waals surface area contributed by atoms with Crippen molar-refractivity contribution in [2.24, 2.45) is 0 Å². The van der Waals surface area contributed by atoms with Crippen molar-refractivity contribution in [1.82, 2.24) is 15.1 Å². The molecule has 0 unspecified atom stereocenters. The maximum Gasteiger partial charge on any atom is 0.271 e. The quantitative estimate of drug-likeness (QED) is 0.845. The van der Waals surface area contributed by atoms with Gasteiger partial charge in [0.25, 0.3) is 5.91 Å². The first-order chi connectivity index (χ1) is 7.70. The highest BCUT2D eigenvalue weighted by atomic mass is 16.2. The molecular weight excluding hydrogens is 202 g/mol. The molecule has 1 aliphatic rings. The van der Waals surface area contributed by atoms with Gasteiger partial charge in [0.05, 0.1) is 0 Å². The predicted octanol–water partition coefficient (Wildman–Crippen LogP) is 1.75. The number of carbonyl (C=O) groups excluding carboxylic acids is 1. The van der Waals surface area contributed by atoms with Gasteiger partial charge in [-0.25, -0.2) is 0 Å². The van der Waals surface area contributed by atoms with E-state index < -0.39 is 0 Å². The minimum atomic E-state index is -0.0451. The summed E-state index contributed by atoms with van der Waals surface area (Å²) in [4.78, 5) is 11.8. The standard InChI is InChI=1S/C12H19N3O/c1-3-9(2)13-12(16)11-8-10-6-4-5-7-15(10)14-11/h8-9H,3-7H2,1-2H3,(H,13,16)/t9-/m1/s1. The fraction of sp³-hybridized carbons (Fsp3) is 0.667. The molecule has 1 atom stereocenters. The third kappa shape index (κ3) is 2.26. The normalized spacial score (nSPS) is 16.6. The number of hydrogen-bond acceptors (Lipinski definition) is 2. The zero-order valence-electron chi connectivity index (χ0n) is 9.99. The van der Waals surface area contributed by atoms with Crippen molar-refractivity contribution < 1.29 is 4.79 Å². The van der Waals surface area contributed by atoms with Gasteiger partial charge in [0.15, 0.2) is 0 Å². The Labute approximate surface area is 96.0 Å². The fourth-order valence-corrected chi connectivity index (χ4v) is 1.93. The number of nitrogens with zero attached hydrogens (tertiary/aromatic N) is 2. The molecule has 88 valence electrons. The molecule has 4 heteroatoms. The highest BCUT2D eigenvalue weighted by molar-refractivity contribution is 5.92. The molecular formula is C12H19N3O. The van der Waals surface area contributed by atoms with Gasteiger partial charge in [0.2, 0.25) is 0 Å². The molecule has 0 saturated heterocycles. The Morgan fingerprint density at radius 3 is 3.12 bits per heavy atom. The molecule has 1 aromatic rings. The smallest absolute Gasteiger partial charge is 0.271 e. The summed E-state index contributed by atoms with van der Waals surface area (Å²) in [6, 6.07) is 2.14. The second kappa shape index (κ2) is 4.68. The minimum Gasteiger partial charge on any atom is -0.348 e. The van der Waals surface area contributed by atoms with Crippen LogP contribution in [0.1, 0.15) is 49.3 Å². The second-order valence-electron chi connectivity index (χ2n) is 4.48. The first-order valence-corrected chi connectivity index (χ1v) is 6.08. The highest BCUT2D eigenvalue weighted by Crippen LogP contribution is 2.15. The topological polar surface area (TPSA) is 46.9 Å². The van der Waals surface area contributed by atoms with E-state index in [1.54, 1.807) is 0 Å². The monoisotopic (exact) mass is 221 g/mol. The van der Waals surface area contributed by atoms with E-state index in [9.17, 15) is 4.79 Å². The van der Waals surface area contributed by atoms with Crippen molar-refractivity contribution in [3.05, 3.63) is 17.5 Å². The van der Waals surface area contributed by atoms with Crippen LogP contribution in [0.5, 0.6) is 0 Å². The van der Waals surface area contributed by atoms with Crippen LogP contribution in [0.15, 0.2) is 6.07 Å². The van der Waals surface area contributed by atoms with Crippen LogP contribution in [-0.4, -0.2) is 21.7 Å². The zero-order chi connectivity index (χ0) is 11.5. The van der Waals surface area contributed by atoms with Crippen molar-refractivity contribution in [1.29, 1.82) is 0 Å². The summed E-state index contributed by atoms with van der Waals surface area (Å²) in [6.07, 6.45) is 4.36. The molecule has 16 heavy (non-hydrogen) atoms. The number of aromatic nitrogens is 2. The van der Waals surface area contributed by atoms with Gasteiger partial charge in [-0.3, -0.25) is 9.48 Å². The minimum absolute atomic E-state index is 0.0451. The van der Waals surface area contributed by atoms with Gasteiger partial charge in [0.1, 0.15) is 5.69 Å². The summed E-state index contributed by atoms with van der Waals surface area (Å²) in [5.74, 6) is -0.0451. The molecule has 0 spiro atoms. The van der Waals surface area contributed by atoms with Gasteiger partial charge >= 0.3 is 0 Å². The first kappa shape index (κ1) is 11.2. The van der Waals surface area contributed by atoms with E-state index in [1.807, 2.05) is 17.7 Å². The lowest BCUT2D eigenvalue weighted by Crippen LogP contribution is -2.32. The summed E-state index contributed by atoms with van der Waals surface area (Å²) in [6.45, 7) is 5.02. The van der Waals surface area contributed by atoms with Crippen LogP contribution >= 0.6 is 0 Å². The number of rotatable bonds is 3. The Balaban J connectivity index is 2.09. The fourth-order valence-electron chi connectivity index (χ4n) is 1.93. The molecule has 2 rings (SSSR count). The van der Waals surface area contributed by atoms with Gasteiger partial charge in [0, 0.05) is 18.3 Å². The van der Waals surface area contributed by atoms with Gasteiger partial charge in [-0.2, -0.15) is 5.10 Å². The average molecular weight is 221 g/mol. The molecule has 0 saturated carbocycles. The second-order valence-corrected chi connectivity index (χ2v) is 4.48. The van der Waals surface area contributed by atoms with Crippen LogP contribution in [0.2, 0.25) is 0 Å². The van der Waals surface area contributed by atoms with E-state index in [4.69, 9.17) is 0 Å². The zero-order valence-corrected chi connectivity index (χ0v) is 9.99. The van der Waals surface area contributed by atoms with Gasteiger partial charge < -0.3 is 5.32 Å². The predicted molar refractivity (Wildman–Crippen MR) is 62.4 cm³/mol. The van der Waals surface area contributed by atoms with Crippen molar-refractivity contribution in [3.8, 4) is 0 Å². The molecule has 0 bridgehead atoms. The van der Waals surface area contributed by atoms with E-state index in [-0.39, 0.29) is 11.9 Å². The van der Waals surface area contributed by atoms with E-state index in [0.29, 0.717) is 5.69 Å². The van der Waals surface area contributed by atoms with Gasteiger partial charge in [-0.15, -0.1) is 0 Å². The SMILES string of the molecule is CC[C@@H](C)NC(=O)c1cc2n(n1)CCCC2. The van der Waals surface area contributed by atoms with Crippen molar-refractivity contribution in [2.45, 2.75) is 52.1 Å². The highest BCUT2D eigenvalue weighted by Gasteiger charge is 2.17. The molecule has 1 aliphatic heterocycles. The average Bonchev–Trinajstić information content (AvgIpc) is 2.72. The number of nitrogens with one attached hydrogen (secondary N) is 1. The molecule has 4 nitrogen and oxygen atoms in total. The van der Waals surface area contributed by atoms with Crippen LogP contribution < -0.4 is 5.32 Å². The van der Waals surface area contributed by atoms with E-state index in [2.05, 4.69) is 17.3 Å². The number of fused-ring (bicyclic) bond motifs is 1. The van der Waals surface area contributed by atoms with Crippen molar-refractivity contribution in [2.75, 3.05) is 0 Å². The summed E-state index contributed by atoms with van der Waals surface area (Å²) in [5.41, 5.74) is 1.76. The summed E-state index contributed by atoms with van der Waals surface area (Å²) in [7, 11) is 0. The van der Waals surface area contributed by atoms with Crippen LogP contribution in [0.3, 0.4) is 0 Å². The maximum atomic E-state index is 11.8. The van der Waals surface area contributed by atoms with Crippen LogP contribution in [0, 0.1) is 0 Å². The molecule has 2 heterocycles. The molecule has 0 aromatic carbocycles. The van der Waals surface area contributed by atoms with E-state index >= 15 is 0 Å². The summed E-state index contributed by atoms with van der Waals surface area (Å²) in [5, 5.41) is 7.28. The Morgan fingerprint density at radius 1 is 1.62 bits per heavy atom. The van der Waals surface area contributed by atoms with Gasteiger partial charge in [-0.05, 0) is 38.7 Å². The molecule has 0 radical (unpaired) electrons. The third-order valence-electron chi connectivity index (χ3n) is 3.14. The van der Waals surface area contributed by atoms with E-state index in [0.717, 1.165) is 19.4 Å². The Hall–Kier alpha value is -1.32. The van der Waals surface area contributed by atoms with Crippen LogP contribution in [0.25, 0.3) is 0 Å². The lowest BCUT2D eigenvalue weighted by molar-refractivity contribution is 0.0933. The number of carbonyl (C=O) groups is 1. The molecule has 1 aromatic heterocycles. The molecule has 1 N–H and O–H groups in total. The Kier molecular flexibility index (Phi) is 3.27. The Bertz CT molecular complexity index is 360. The first-order valence-electron chi connectivity index (χ1n) is 6.08. The van der Waals surface area contributed by atoms with Crippen LogP contribution in [-0.2, 0) is 13.0 Å². The summed E-state index contributed by atoms with van der Waals surface area (Å²) >= 11 is 0. The number of hydrogen-bond donors (Lipinski definition) is 1. The molecule has 0 fully saturated rings. The van der Waals surface area contributed by atoms with Crippen LogP contribution in [0.4, 0.5) is 0 Å².